The zero-order valence-electron chi connectivity index (χ0n) is 16.3. The molecule has 1 fully saturated rings. The molecule has 0 radical (unpaired) electrons. The molecule has 1 aliphatic heterocycles. The van der Waals surface area contributed by atoms with Gasteiger partial charge < -0.3 is 20.4 Å². The van der Waals surface area contributed by atoms with Crippen LogP contribution in [0.1, 0.15) is 31.7 Å². The number of hydrogen-bond donors (Lipinski definition) is 2. The van der Waals surface area contributed by atoms with Gasteiger partial charge in [0, 0.05) is 52.3 Å². The topological polar surface area (TPSA) is 77.0 Å². The van der Waals surface area contributed by atoms with Gasteiger partial charge in [-0.15, -0.1) is 24.0 Å². The van der Waals surface area contributed by atoms with Gasteiger partial charge in [-0.25, -0.2) is 4.99 Å². The average molecular weight is 487 g/mol. The van der Waals surface area contributed by atoms with E-state index in [-0.39, 0.29) is 35.8 Å². The van der Waals surface area contributed by atoms with Crippen LogP contribution < -0.4 is 15.5 Å². The molecule has 0 spiro atoms. The molecule has 1 heterocycles. The Balaban J connectivity index is 0.00000364. The van der Waals surface area contributed by atoms with E-state index in [1.807, 2.05) is 36.1 Å². The summed E-state index contributed by atoms with van der Waals surface area (Å²) >= 11 is 0. The minimum Gasteiger partial charge on any atom is -0.357 e. The van der Waals surface area contributed by atoms with Crippen molar-refractivity contribution < 1.29 is 9.59 Å². The Labute approximate surface area is 178 Å². The van der Waals surface area contributed by atoms with Crippen molar-refractivity contribution in [1.29, 1.82) is 0 Å². The molecule has 7 nitrogen and oxygen atoms in total. The van der Waals surface area contributed by atoms with Gasteiger partial charge in [0.2, 0.25) is 11.8 Å². The Bertz CT molecular complexity index is 646. The molecule has 0 saturated carbocycles. The number of hydrogen-bond acceptors (Lipinski definition) is 3. The van der Waals surface area contributed by atoms with Gasteiger partial charge in [0.05, 0.1) is 6.54 Å². The van der Waals surface area contributed by atoms with Crippen LogP contribution >= 0.6 is 24.0 Å². The molecule has 0 aromatic heterocycles. The van der Waals surface area contributed by atoms with Crippen LogP contribution in [0.15, 0.2) is 29.3 Å². The van der Waals surface area contributed by atoms with E-state index in [4.69, 9.17) is 0 Å². The SMILES string of the molecule is CCNC(=NCc1ccc(N2CCCC2=O)cc1)NCCC(=O)N(C)C.I. The van der Waals surface area contributed by atoms with E-state index in [1.165, 1.54) is 0 Å². The number of anilines is 1. The number of carbonyl (C=O) groups is 2. The monoisotopic (exact) mass is 487 g/mol. The van der Waals surface area contributed by atoms with Crippen molar-refractivity contribution in [1.82, 2.24) is 15.5 Å². The maximum absolute atomic E-state index is 11.8. The highest BCUT2D eigenvalue weighted by atomic mass is 127. The molecule has 0 atom stereocenters. The summed E-state index contributed by atoms with van der Waals surface area (Å²) in [5, 5.41) is 6.36. The molecule has 27 heavy (non-hydrogen) atoms. The van der Waals surface area contributed by atoms with Crippen molar-refractivity contribution in [3.05, 3.63) is 29.8 Å². The zero-order chi connectivity index (χ0) is 18.9. The lowest BCUT2D eigenvalue weighted by Gasteiger charge is -2.16. The molecule has 2 N–H and O–H groups in total. The summed E-state index contributed by atoms with van der Waals surface area (Å²) in [6.45, 7) is 4.63. The largest absolute Gasteiger partial charge is 0.357 e. The fourth-order valence-corrected chi connectivity index (χ4v) is 2.73. The highest BCUT2D eigenvalue weighted by molar-refractivity contribution is 14.0. The Morgan fingerprint density at radius 3 is 2.48 bits per heavy atom. The molecule has 1 saturated heterocycles. The molecular formula is C19H30IN5O2. The molecule has 2 rings (SSSR count). The summed E-state index contributed by atoms with van der Waals surface area (Å²) in [5.41, 5.74) is 2.02. The second-order valence-corrected chi connectivity index (χ2v) is 6.48. The van der Waals surface area contributed by atoms with E-state index >= 15 is 0 Å². The van der Waals surface area contributed by atoms with Crippen LogP contribution in [0.5, 0.6) is 0 Å². The van der Waals surface area contributed by atoms with Crippen LogP contribution in [0, 0.1) is 0 Å². The lowest BCUT2D eigenvalue weighted by atomic mass is 10.2. The van der Waals surface area contributed by atoms with Crippen molar-refractivity contribution in [2.45, 2.75) is 32.7 Å². The van der Waals surface area contributed by atoms with Gasteiger partial charge in [-0.05, 0) is 31.0 Å². The van der Waals surface area contributed by atoms with Gasteiger partial charge in [0.1, 0.15) is 0 Å². The van der Waals surface area contributed by atoms with E-state index in [9.17, 15) is 9.59 Å². The summed E-state index contributed by atoms with van der Waals surface area (Å²) in [6.07, 6.45) is 2.00. The predicted octanol–water partition coefficient (Wildman–Crippen LogP) is 1.96. The Morgan fingerprint density at radius 2 is 1.93 bits per heavy atom. The third-order valence-electron chi connectivity index (χ3n) is 4.22. The standard InChI is InChI=1S/C19H29N5O2.HI/c1-4-20-19(21-12-11-17(25)23(2)3)22-14-15-7-9-16(10-8-15)24-13-5-6-18(24)26;/h7-10H,4-6,11-14H2,1-3H3,(H2,20,21,22);1H. The number of nitrogens with one attached hydrogen (secondary N) is 2. The summed E-state index contributed by atoms with van der Waals surface area (Å²) in [7, 11) is 3.50. The number of benzene rings is 1. The van der Waals surface area contributed by atoms with Crippen LogP contribution in [-0.4, -0.2) is 56.4 Å². The first-order valence-corrected chi connectivity index (χ1v) is 9.13. The summed E-state index contributed by atoms with van der Waals surface area (Å²) in [4.78, 5) is 31.4. The van der Waals surface area contributed by atoms with Crippen LogP contribution in [0.4, 0.5) is 5.69 Å². The number of guanidine groups is 1. The third kappa shape index (κ3) is 7.36. The second kappa shape index (κ2) is 11.8. The molecule has 2 amide bonds. The maximum atomic E-state index is 11.8. The molecule has 1 aromatic carbocycles. The van der Waals surface area contributed by atoms with E-state index in [2.05, 4.69) is 15.6 Å². The van der Waals surface area contributed by atoms with Gasteiger partial charge in [0.15, 0.2) is 5.96 Å². The molecule has 0 unspecified atom stereocenters. The van der Waals surface area contributed by atoms with E-state index in [1.54, 1.807) is 19.0 Å². The Hall–Kier alpha value is -1.84. The summed E-state index contributed by atoms with van der Waals surface area (Å²) in [6, 6.07) is 7.96. The molecule has 0 aliphatic carbocycles. The second-order valence-electron chi connectivity index (χ2n) is 6.48. The van der Waals surface area contributed by atoms with Crippen LogP contribution in [0.3, 0.4) is 0 Å². The quantitative estimate of drug-likeness (QED) is 0.351. The summed E-state index contributed by atoms with van der Waals surface area (Å²) in [5.74, 6) is 0.972. The third-order valence-corrected chi connectivity index (χ3v) is 4.22. The fraction of sp³-hybridized carbons (Fsp3) is 0.526. The molecular weight excluding hydrogens is 457 g/mol. The van der Waals surface area contributed by atoms with Crippen LogP contribution in [0.25, 0.3) is 0 Å². The minimum atomic E-state index is 0. The summed E-state index contributed by atoms with van der Waals surface area (Å²) < 4.78 is 0. The first-order chi connectivity index (χ1) is 12.5. The first kappa shape index (κ1) is 23.2. The highest BCUT2D eigenvalue weighted by Crippen LogP contribution is 2.21. The van der Waals surface area contributed by atoms with Crippen molar-refractivity contribution in [3.8, 4) is 0 Å². The number of amides is 2. The molecule has 150 valence electrons. The van der Waals surface area contributed by atoms with Crippen molar-refractivity contribution in [3.63, 3.8) is 0 Å². The lowest BCUT2D eigenvalue weighted by molar-refractivity contribution is -0.128. The average Bonchev–Trinajstić information content (AvgIpc) is 3.06. The molecule has 1 aromatic rings. The molecule has 0 bridgehead atoms. The Morgan fingerprint density at radius 1 is 1.22 bits per heavy atom. The lowest BCUT2D eigenvalue weighted by Crippen LogP contribution is -2.39. The number of aliphatic imine (C=N–C) groups is 1. The minimum absolute atomic E-state index is 0. The van der Waals surface area contributed by atoms with Crippen molar-refractivity contribution >= 4 is 47.4 Å². The zero-order valence-corrected chi connectivity index (χ0v) is 18.7. The molecule has 8 heteroatoms. The van der Waals surface area contributed by atoms with Gasteiger partial charge >= 0.3 is 0 Å². The fourth-order valence-electron chi connectivity index (χ4n) is 2.73. The van der Waals surface area contributed by atoms with Gasteiger partial charge in [-0.1, -0.05) is 12.1 Å². The van der Waals surface area contributed by atoms with Crippen LogP contribution in [-0.2, 0) is 16.1 Å². The molecule has 1 aliphatic rings. The maximum Gasteiger partial charge on any atom is 0.227 e. The van der Waals surface area contributed by atoms with E-state index in [0.29, 0.717) is 31.9 Å². The normalized spacial score (nSPS) is 14.0. The number of rotatable bonds is 7. The van der Waals surface area contributed by atoms with E-state index in [0.717, 1.165) is 30.8 Å². The van der Waals surface area contributed by atoms with Crippen LogP contribution in [0.2, 0.25) is 0 Å². The number of halogens is 1. The number of carbonyl (C=O) groups excluding carboxylic acids is 2. The van der Waals surface area contributed by atoms with E-state index < -0.39 is 0 Å². The van der Waals surface area contributed by atoms with Crippen molar-refractivity contribution in [2.75, 3.05) is 38.6 Å². The highest BCUT2D eigenvalue weighted by Gasteiger charge is 2.21. The van der Waals surface area contributed by atoms with Crippen molar-refractivity contribution in [2.24, 2.45) is 4.99 Å². The van der Waals surface area contributed by atoms with Gasteiger partial charge in [-0.3, -0.25) is 9.59 Å². The first-order valence-electron chi connectivity index (χ1n) is 9.13. The smallest absolute Gasteiger partial charge is 0.227 e. The Kier molecular flexibility index (Phi) is 10.1. The van der Waals surface area contributed by atoms with Gasteiger partial charge in [-0.2, -0.15) is 0 Å². The van der Waals surface area contributed by atoms with Gasteiger partial charge in [0.25, 0.3) is 0 Å². The predicted molar refractivity (Wildman–Crippen MR) is 120 cm³/mol. The number of nitrogens with zero attached hydrogens (tertiary/aromatic N) is 3.